The number of halogens is 1. The predicted molar refractivity (Wildman–Crippen MR) is 99.3 cm³/mol. The molecule has 0 aromatic heterocycles. The molecule has 1 atom stereocenters. The fraction of sp³-hybridized carbons (Fsp3) is 0.300. The minimum absolute atomic E-state index is 0.0956. The van der Waals surface area contributed by atoms with Gasteiger partial charge in [-0.25, -0.2) is 0 Å². The molecule has 2 aromatic rings. The van der Waals surface area contributed by atoms with Crippen molar-refractivity contribution < 1.29 is 14.3 Å². The maximum absolute atomic E-state index is 12.4. The number of carbonyl (C=O) groups is 2. The van der Waals surface area contributed by atoms with Gasteiger partial charge in [0.25, 0.3) is 5.91 Å². The first-order valence-corrected chi connectivity index (χ1v) is 8.42. The largest absolute Gasteiger partial charge is 0.481 e. The van der Waals surface area contributed by atoms with Crippen LogP contribution in [0, 0.1) is 0 Å². The number of hydrogen-bond donors (Lipinski definition) is 1. The summed E-state index contributed by atoms with van der Waals surface area (Å²) in [4.78, 5) is 24.5. The summed E-state index contributed by atoms with van der Waals surface area (Å²) < 4.78 is 5.64. The SMILES string of the molecule is C[C@@H](Oc1ccc(C(=O)c2ccc(Cl)cc2)cc1)C(=O)NC(C)(C)C. The highest BCUT2D eigenvalue weighted by atomic mass is 35.5. The molecule has 0 bridgehead atoms. The van der Waals surface area contributed by atoms with Gasteiger partial charge in [0.1, 0.15) is 5.75 Å². The summed E-state index contributed by atoms with van der Waals surface area (Å²) in [6, 6.07) is 13.5. The third-order valence-electron chi connectivity index (χ3n) is 3.40. The number of benzene rings is 2. The lowest BCUT2D eigenvalue weighted by Gasteiger charge is -2.23. The molecule has 0 aliphatic rings. The van der Waals surface area contributed by atoms with E-state index in [1.54, 1.807) is 55.5 Å². The number of nitrogens with one attached hydrogen (secondary N) is 1. The summed E-state index contributed by atoms with van der Waals surface area (Å²) in [5.41, 5.74) is 0.793. The molecule has 5 heteroatoms. The fourth-order valence-corrected chi connectivity index (χ4v) is 2.31. The molecular weight excluding hydrogens is 338 g/mol. The molecule has 4 nitrogen and oxygen atoms in total. The first kappa shape index (κ1) is 19.0. The van der Waals surface area contributed by atoms with E-state index in [4.69, 9.17) is 16.3 Å². The molecule has 25 heavy (non-hydrogen) atoms. The second kappa shape index (κ2) is 7.70. The van der Waals surface area contributed by atoms with Crippen LogP contribution >= 0.6 is 11.6 Å². The maximum atomic E-state index is 12.4. The summed E-state index contributed by atoms with van der Waals surface area (Å²) in [6.07, 6.45) is -0.628. The molecule has 1 amide bonds. The molecule has 0 radical (unpaired) electrons. The smallest absolute Gasteiger partial charge is 0.261 e. The number of rotatable bonds is 5. The van der Waals surface area contributed by atoms with Gasteiger partial charge in [0.05, 0.1) is 0 Å². The van der Waals surface area contributed by atoms with Crippen molar-refractivity contribution in [3.8, 4) is 5.75 Å². The molecule has 0 saturated heterocycles. The lowest BCUT2D eigenvalue weighted by molar-refractivity contribution is -0.128. The van der Waals surface area contributed by atoms with Gasteiger partial charge in [-0.1, -0.05) is 11.6 Å². The van der Waals surface area contributed by atoms with Crippen LogP contribution in [-0.2, 0) is 4.79 Å². The van der Waals surface area contributed by atoms with E-state index in [0.29, 0.717) is 21.9 Å². The third kappa shape index (κ3) is 5.61. The van der Waals surface area contributed by atoms with E-state index in [0.717, 1.165) is 0 Å². The van der Waals surface area contributed by atoms with Crippen molar-refractivity contribution in [2.24, 2.45) is 0 Å². The Bertz CT molecular complexity index is 746. The van der Waals surface area contributed by atoms with E-state index in [2.05, 4.69) is 5.32 Å². The minimum Gasteiger partial charge on any atom is -0.481 e. The first-order chi connectivity index (χ1) is 11.7. The van der Waals surface area contributed by atoms with Gasteiger partial charge in [0.15, 0.2) is 11.9 Å². The predicted octanol–water partition coefficient (Wildman–Crippen LogP) is 4.25. The van der Waals surface area contributed by atoms with E-state index in [9.17, 15) is 9.59 Å². The van der Waals surface area contributed by atoms with Gasteiger partial charge >= 0.3 is 0 Å². The van der Waals surface area contributed by atoms with Crippen LogP contribution in [0.25, 0.3) is 0 Å². The van der Waals surface area contributed by atoms with E-state index in [1.165, 1.54) is 0 Å². The monoisotopic (exact) mass is 359 g/mol. The molecule has 0 aliphatic carbocycles. The minimum atomic E-state index is -0.628. The van der Waals surface area contributed by atoms with E-state index in [-0.39, 0.29) is 17.2 Å². The number of amides is 1. The number of ketones is 1. The fourth-order valence-electron chi connectivity index (χ4n) is 2.18. The molecular formula is C20H22ClNO3. The normalized spacial score (nSPS) is 12.4. The van der Waals surface area contributed by atoms with Gasteiger partial charge in [-0.15, -0.1) is 0 Å². The summed E-state index contributed by atoms with van der Waals surface area (Å²) in [6.45, 7) is 7.42. The van der Waals surface area contributed by atoms with Gasteiger partial charge in [-0.3, -0.25) is 9.59 Å². The van der Waals surface area contributed by atoms with Gasteiger partial charge in [-0.2, -0.15) is 0 Å². The molecule has 2 rings (SSSR count). The van der Waals surface area contributed by atoms with Crippen LogP contribution < -0.4 is 10.1 Å². The summed E-state index contributed by atoms with van der Waals surface area (Å²) in [5.74, 6) is 0.250. The summed E-state index contributed by atoms with van der Waals surface area (Å²) in [5, 5.41) is 3.45. The number of carbonyl (C=O) groups excluding carboxylic acids is 2. The highest BCUT2D eigenvalue weighted by molar-refractivity contribution is 6.30. The molecule has 0 saturated carbocycles. The van der Waals surface area contributed by atoms with Crippen molar-refractivity contribution in [3.05, 3.63) is 64.7 Å². The Morgan fingerprint density at radius 2 is 1.44 bits per heavy atom. The van der Waals surface area contributed by atoms with E-state index < -0.39 is 6.10 Å². The van der Waals surface area contributed by atoms with Crippen molar-refractivity contribution in [2.75, 3.05) is 0 Å². The molecule has 0 fully saturated rings. The Labute approximate surface area is 153 Å². The zero-order valence-electron chi connectivity index (χ0n) is 14.8. The van der Waals surface area contributed by atoms with Crippen molar-refractivity contribution in [1.82, 2.24) is 5.32 Å². The zero-order valence-corrected chi connectivity index (χ0v) is 15.6. The van der Waals surface area contributed by atoms with Gasteiger partial charge < -0.3 is 10.1 Å². The molecule has 132 valence electrons. The van der Waals surface area contributed by atoms with Crippen molar-refractivity contribution in [1.29, 1.82) is 0 Å². The molecule has 0 spiro atoms. The van der Waals surface area contributed by atoms with Gasteiger partial charge in [0, 0.05) is 21.7 Å². The molecule has 1 N–H and O–H groups in total. The van der Waals surface area contributed by atoms with Crippen molar-refractivity contribution in [2.45, 2.75) is 39.3 Å². The third-order valence-corrected chi connectivity index (χ3v) is 3.66. The van der Waals surface area contributed by atoms with Crippen LogP contribution in [0.2, 0.25) is 5.02 Å². The molecule has 0 heterocycles. The zero-order chi connectivity index (χ0) is 18.6. The van der Waals surface area contributed by atoms with Gasteiger partial charge in [0.2, 0.25) is 0 Å². The van der Waals surface area contributed by atoms with Crippen LogP contribution in [0.1, 0.15) is 43.6 Å². The average molecular weight is 360 g/mol. The molecule has 2 aromatic carbocycles. The van der Waals surface area contributed by atoms with Crippen molar-refractivity contribution >= 4 is 23.3 Å². The lowest BCUT2D eigenvalue weighted by Crippen LogP contribution is -2.46. The first-order valence-electron chi connectivity index (χ1n) is 8.05. The molecule has 0 unspecified atom stereocenters. The topological polar surface area (TPSA) is 55.4 Å². The maximum Gasteiger partial charge on any atom is 0.261 e. The second-order valence-corrected chi connectivity index (χ2v) is 7.30. The Balaban J connectivity index is 2.03. The highest BCUT2D eigenvalue weighted by Gasteiger charge is 2.20. The summed E-state index contributed by atoms with van der Waals surface area (Å²) >= 11 is 5.84. The Morgan fingerprint density at radius 1 is 0.960 bits per heavy atom. The Kier molecular flexibility index (Phi) is 5.85. The second-order valence-electron chi connectivity index (χ2n) is 6.86. The van der Waals surface area contributed by atoms with Crippen LogP contribution in [-0.4, -0.2) is 23.3 Å². The van der Waals surface area contributed by atoms with Crippen LogP contribution in [0.4, 0.5) is 0 Å². The average Bonchev–Trinajstić information content (AvgIpc) is 2.54. The Morgan fingerprint density at radius 3 is 1.92 bits per heavy atom. The van der Waals surface area contributed by atoms with Crippen LogP contribution in [0.5, 0.6) is 5.75 Å². The van der Waals surface area contributed by atoms with Crippen molar-refractivity contribution in [3.63, 3.8) is 0 Å². The highest BCUT2D eigenvalue weighted by Crippen LogP contribution is 2.18. The molecule has 0 aliphatic heterocycles. The standard InChI is InChI=1S/C20H22ClNO3/c1-13(19(24)22-20(2,3)4)25-17-11-7-15(8-12-17)18(23)14-5-9-16(21)10-6-14/h5-13H,1-4H3,(H,22,24)/t13-/m1/s1. The van der Waals surface area contributed by atoms with Crippen LogP contribution in [0.15, 0.2) is 48.5 Å². The number of hydrogen-bond acceptors (Lipinski definition) is 3. The van der Waals surface area contributed by atoms with E-state index in [1.807, 2.05) is 20.8 Å². The number of ether oxygens (including phenoxy) is 1. The van der Waals surface area contributed by atoms with Gasteiger partial charge in [-0.05, 0) is 76.2 Å². The van der Waals surface area contributed by atoms with E-state index >= 15 is 0 Å². The Hall–Kier alpha value is -2.33. The quantitative estimate of drug-likeness (QED) is 0.812. The summed E-state index contributed by atoms with van der Waals surface area (Å²) in [7, 11) is 0. The lowest BCUT2D eigenvalue weighted by atomic mass is 10.0. The van der Waals surface area contributed by atoms with Crippen LogP contribution in [0.3, 0.4) is 0 Å².